The van der Waals surface area contributed by atoms with Crippen LogP contribution in [0.25, 0.3) is 11.3 Å². The van der Waals surface area contributed by atoms with Crippen molar-refractivity contribution in [3.63, 3.8) is 0 Å². The van der Waals surface area contributed by atoms with Gasteiger partial charge in [-0.15, -0.1) is 0 Å². The Bertz CT molecular complexity index is 738. The first kappa shape index (κ1) is 13.6. The van der Waals surface area contributed by atoms with Crippen LogP contribution in [0.4, 0.5) is 5.69 Å². The maximum atomic E-state index is 12.2. The summed E-state index contributed by atoms with van der Waals surface area (Å²) in [4.78, 5) is 12.2. The Morgan fingerprint density at radius 2 is 1.85 bits per heavy atom. The lowest BCUT2D eigenvalue weighted by atomic mass is 10.0. The van der Waals surface area contributed by atoms with Crippen LogP contribution in [0.15, 0.2) is 46.9 Å². The van der Waals surface area contributed by atoms with Gasteiger partial charge in [-0.1, -0.05) is 28.1 Å². The van der Waals surface area contributed by atoms with Crippen LogP contribution in [0.5, 0.6) is 0 Å². The summed E-state index contributed by atoms with van der Waals surface area (Å²) in [6.07, 6.45) is 0. The molecule has 0 unspecified atom stereocenters. The predicted molar refractivity (Wildman–Crippen MR) is 92.9 cm³/mol. The van der Waals surface area contributed by atoms with Crippen LogP contribution in [-0.4, -0.2) is 5.91 Å². The minimum Gasteiger partial charge on any atom is -0.398 e. The van der Waals surface area contributed by atoms with Crippen LogP contribution in [0.1, 0.15) is 11.1 Å². The van der Waals surface area contributed by atoms with Crippen LogP contribution in [-0.2, 0) is 4.79 Å². The molecule has 0 saturated carbocycles. The van der Waals surface area contributed by atoms with Crippen LogP contribution < -0.4 is 11.1 Å². The average molecular weight is 441 g/mol. The molecule has 3 N–H and O–H groups in total. The van der Waals surface area contributed by atoms with Gasteiger partial charge in [-0.05, 0) is 58.5 Å². The molecule has 3 rings (SSSR count). The van der Waals surface area contributed by atoms with Crippen molar-refractivity contribution in [2.75, 3.05) is 5.32 Å². The van der Waals surface area contributed by atoms with E-state index in [0.29, 0.717) is 11.3 Å². The lowest BCUT2D eigenvalue weighted by Gasteiger charge is -2.06. The highest BCUT2D eigenvalue weighted by molar-refractivity contribution is 14.1. The quantitative estimate of drug-likeness (QED) is 0.523. The number of hydrogen-bond donors (Lipinski definition) is 2. The summed E-state index contributed by atoms with van der Waals surface area (Å²) < 4.78 is 2.05. The Kier molecular flexibility index (Phi) is 3.55. The molecule has 0 fully saturated rings. The van der Waals surface area contributed by atoms with Crippen molar-refractivity contribution in [1.82, 2.24) is 0 Å². The van der Waals surface area contributed by atoms with E-state index in [2.05, 4.69) is 43.8 Å². The molecule has 1 heterocycles. The molecule has 0 saturated heterocycles. The summed E-state index contributed by atoms with van der Waals surface area (Å²) in [5.41, 5.74) is 9.71. The first-order chi connectivity index (χ1) is 9.56. The SMILES string of the molecule is NC(=C1C(=O)Nc2ccc(Br)cc21)c1ccc(I)cc1. The normalized spacial score (nSPS) is 15.8. The van der Waals surface area contributed by atoms with E-state index in [1.807, 2.05) is 42.5 Å². The molecule has 5 heteroatoms. The summed E-state index contributed by atoms with van der Waals surface area (Å²) >= 11 is 5.66. The molecule has 2 aromatic rings. The number of nitrogens with two attached hydrogens (primary N) is 1. The molecule has 2 aromatic carbocycles. The Morgan fingerprint density at radius 3 is 2.55 bits per heavy atom. The third-order valence-electron chi connectivity index (χ3n) is 3.15. The molecule has 0 bridgehead atoms. The number of hydrogen-bond acceptors (Lipinski definition) is 2. The number of carbonyl (C=O) groups excluding carboxylic acids is 1. The molecule has 0 aromatic heterocycles. The van der Waals surface area contributed by atoms with Crippen molar-refractivity contribution in [2.45, 2.75) is 0 Å². The highest BCUT2D eigenvalue weighted by Gasteiger charge is 2.27. The molecule has 100 valence electrons. The highest BCUT2D eigenvalue weighted by Crippen LogP contribution is 2.36. The van der Waals surface area contributed by atoms with Gasteiger partial charge in [-0.2, -0.15) is 0 Å². The van der Waals surface area contributed by atoms with E-state index in [9.17, 15) is 4.79 Å². The van der Waals surface area contributed by atoms with Crippen molar-refractivity contribution in [3.05, 3.63) is 61.6 Å². The second-order valence-electron chi connectivity index (χ2n) is 4.44. The molecular weight excluding hydrogens is 431 g/mol. The highest BCUT2D eigenvalue weighted by atomic mass is 127. The van der Waals surface area contributed by atoms with Crippen LogP contribution in [0.2, 0.25) is 0 Å². The molecule has 0 spiro atoms. The molecule has 0 radical (unpaired) electrons. The van der Waals surface area contributed by atoms with Crippen LogP contribution >= 0.6 is 38.5 Å². The number of anilines is 1. The zero-order chi connectivity index (χ0) is 14.3. The zero-order valence-corrected chi connectivity index (χ0v) is 14.0. The first-order valence-corrected chi connectivity index (χ1v) is 7.80. The van der Waals surface area contributed by atoms with Gasteiger partial charge in [0.05, 0.1) is 11.3 Å². The zero-order valence-electron chi connectivity index (χ0n) is 10.3. The predicted octanol–water partition coefficient (Wildman–Crippen LogP) is 3.83. The Balaban J connectivity index is 2.18. The second-order valence-corrected chi connectivity index (χ2v) is 6.60. The Morgan fingerprint density at radius 1 is 1.15 bits per heavy atom. The maximum absolute atomic E-state index is 12.2. The first-order valence-electron chi connectivity index (χ1n) is 5.93. The fraction of sp³-hybridized carbons (Fsp3) is 0. The number of amides is 1. The van der Waals surface area contributed by atoms with E-state index in [4.69, 9.17) is 5.73 Å². The number of halogens is 2. The molecule has 3 nitrogen and oxygen atoms in total. The Hall–Kier alpha value is -1.34. The van der Waals surface area contributed by atoms with E-state index in [0.717, 1.165) is 24.9 Å². The van der Waals surface area contributed by atoms with E-state index >= 15 is 0 Å². The lowest BCUT2D eigenvalue weighted by Crippen LogP contribution is -2.09. The largest absolute Gasteiger partial charge is 0.398 e. The van der Waals surface area contributed by atoms with E-state index < -0.39 is 0 Å². The summed E-state index contributed by atoms with van der Waals surface area (Å²) in [5.74, 6) is -0.158. The standard InChI is InChI=1S/C15H10BrIN2O/c16-9-3-6-12-11(7-9)13(15(20)19-12)14(18)8-1-4-10(17)5-2-8/h1-7H,18H2,(H,19,20). The van der Waals surface area contributed by atoms with Gasteiger partial charge in [0.15, 0.2) is 0 Å². The van der Waals surface area contributed by atoms with Gasteiger partial charge in [0.2, 0.25) is 0 Å². The molecule has 0 atom stereocenters. The van der Waals surface area contributed by atoms with Crippen molar-refractivity contribution in [3.8, 4) is 0 Å². The molecular formula is C15H10BrIN2O. The van der Waals surface area contributed by atoms with Crippen LogP contribution in [0, 0.1) is 3.57 Å². The van der Waals surface area contributed by atoms with Gasteiger partial charge in [-0.25, -0.2) is 0 Å². The lowest BCUT2D eigenvalue weighted by molar-refractivity contribution is -0.110. The number of rotatable bonds is 1. The molecule has 1 amide bonds. The minimum absolute atomic E-state index is 0.158. The summed E-state index contributed by atoms with van der Waals surface area (Å²) in [5, 5.41) is 2.84. The Labute approximate surface area is 138 Å². The molecule has 1 aliphatic rings. The van der Waals surface area contributed by atoms with E-state index in [-0.39, 0.29) is 5.91 Å². The summed E-state index contributed by atoms with van der Waals surface area (Å²) in [7, 11) is 0. The van der Waals surface area contributed by atoms with Gasteiger partial charge < -0.3 is 11.1 Å². The number of fused-ring (bicyclic) bond motifs is 1. The monoisotopic (exact) mass is 440 g/mol. The third-order valence-corrected chi connectivity index (χ3v) is 4.36. The maximum Gasteiger partial charge on any atom is 0.258 e. The van der Waals surface area contributed by atoms with Crippen molar-refractivity contribution >= 4 is 61.4 Å². The number of carbonyl (C=O) groups is 1. The van der Waals surface area contributed by atoms with Gasteiger partial charge in [0.1, 0.15) is 0 Å². The van der Waals surface area contributed by atoms with Gasteiger partial charge in [0, 0.05) is 19.3 Å². The molecule has 1 aliphatic heterocycles. The van der Waals surface area contributed by atoms with Gasteiger partial charge in [-0.3, -0.25) is 4.79 Å². The fourth-order valence-electron chi connectivity index (χ4n) is 2.18. The smallest absolute Gasteiger partial charge is 0.258 e. The van der Waals surface area contributed by atoms with Gasteiger partial charge in [0.25, 0.3) is 5.91 Å². The molecule has 20 heavy (non-hydrogen) atoms. The number of benzene rings is 2. The van der Waals surface area contributed by atoms with Crippen molar-refractivity contribution in [2.24, 2.45) is 5.73 Å². The van der Waals surface area contributed by atoms with Crippen LogP contribution in [0.3, 0.4) is 0 Å². The minimum atomic E-state index is -0.158. The second kappa shape index (κ2) is 5.21. The fourth-order valence-corrected chi connectivity index (χ4v) is 2.90. The van der Waals surface area contributed by atoms with E-state index in [1.54, 1.807) is 0 Å². The summed E-state index contributed by atoms with van der Waals surface area (Å²) in [6, 6.07) is 13.5. The molecule has 0 aliphatic carbocycles. The van der Waals surface area contributed by atoms with Crippen molar-refractivity contribution < 1.29 is 4.79 Å². The van der Waals surface area contributed by atoms with E-state index in [1.165, 1.54) is 0 Å². The van der Waals surface area contributed by atoms with Crippen molar-refractivity contribution in [1.29, 1.82) is 0 Å². The topological polar surface area (TPSA) is 55.1 Å². The average Bonchev–Trinajstić information content (AvgIpc) is 2.74. The van der Waals surface area contributed by atoms with Gasteiger partial charge >= 0.3 is 0 Å². The number of nitrogens with one attached hydrogen (secondary N) is 1. The summed E-state index contributed by atoms with van der Waals surface area (Å²) in [6.45, 7) is 0. The third kappa shape index (κ3) is 2.35.